The molecular formula is C17H20N4O2. The van der Waals surface area contributed by atoms with E-state index in [1.807, 2.05) is 23.1 Å². The van der Waals surface area contributed by atoms with Crippen LogP contribution >= 0.6 is 0 Å². The van der Waals surface area contributed by atoms with E-state index in [0.717, 1.165) is 19.4 Å². The molecule has 2 aromatic rings. The standard InChI is InChI=1S/C17H20N4O2/c1-23-14-6-2-4-12(10-14)16(22)13-5-3-9-21(11-13)17-19-8-7-15(18)20-17/h2,4,6-8,10,13H,3,5,9,11H2,1H3,(H2,18,19,20)/t13-/m1/s1. The molecule has 6 heteroatoms. The third-order valence-electron chi connectivity index (χ3n) is 4.09. The molecule has 0 radical (unpaired) electrons. The zero-order valence-corrected chi connectivity index (χ0v) is 13.1. The van der Waals surface area contributed by atoms with Gasteiger partial charge < -0.3 is 15.4 Å². The van der Waals surface area contributed by atoms with Crippen molar-refractivity contribution in [3.63, 3.8) is 0 Å². The van der Waals surface area contributed by atoms with E-state index < -0.39 is 0 Å². The molecule has 6 nitrogen and oxygen atoms in total. The first-order valence-corrected chi connectivity index (χ1v) is 7.69. The normalized spacial score (nSPS) is 17.8. The molecule has 1 atom stereocenters. The van der Waals surface area contributed by atoms with Gasteiger partial charge in [-0.1, -0.05) is 12.1 Å². The van der Waals surface area contributed by atoms with E-state index in [9.17, 15) is 4.79 Å². The van der Waals surface area contributed by atoms with E-state index in [1.165, 1.54) is 0 Å². The third kappa shape index (κ3) is 3.41. The second-order valence-corrected chi connectivity index (χ2v) is 5.66. The smallest absolute Gasteiger partial charge is 0.227 e. The molecule has 0 aliphatic carbocycles. The minimum atomic E-state index is -0.0686. The van der Waals surface area contributed by atoms with Gasteiger partial charge in [0.1, 0.15) is 11.6 Å². The van der Waals surface area contributed by atoms with Crippen LogP contribution in [-0.2, 0) is 0 Å². The number of piperidine rings is 1. The molecule has 1 aliphatic heterocycles. The molecular weight excluding hydrogens is 292 g/mol. The fraction of sp³-hybridized carbons (Fsp3) is 0.353. The second-order valence-electron chi connectivity index (χ2n) is 5.66. The summed E-state index contributed by atoms with van der Waals surface area (Å²) in [4.78, 5) is 23.3. The second kappa shape index (κ2) is 6.64. The van der Waals surface area contributed by atoms with Crippen LogP contribution in [0.4, 0.5) is 11.8 Å². The molecule has 1 aromatic carbocycles. The summed E-state index contributed by atoms with van der Waals surface area (Å²) in [7, 11) is 1.60. The largest absolute Gasteiger partial charge is 0.497 e. The fourth-order valence-electron chi connectivity index (χ4n) is 2.90. The summed E-state index contributed by atoms with van der Waals surface area (Å²) in [5, 5.41) is 0. The Morgan fingerprint density at radius 2 is 2.26 bits per heavy atom. The molecule has 1 fully saturated rings. The van der Waals surface area contributed by atoms with Crippen LogP contribution in [0.2, 0.25) is 0 Å². The minimum Gasteiger partial charge on any atom is -0.497 e. The van der Waals surface area contributed by atoms with Crippen LogP contribution < -0.4 is 15.4 Å². The van der Waals surface area contributed by atoms with Crippen molar-refractivity contribution in [2.24, 2.45) is 5.92 Å². The van der Waals surface area contributed by atoms with Gasteiger partial charge in [0, 0.05) is 30.8 Å². The van der Waals surface area contributed by atoms with Crippen LogP contribution in [0.5, 0.6) is 5.75 Å². The van der Waals surface area contributed by atoms with Crippen LogP contribution in [0.15, 0.2) is 36.5 Å². The molecule has 1 aliphatic rings. The summed E-state index contributed by atoms with van der Waals surface area (Å²) in [6, 6.07) is 8.96. The lowest BCUT2D eigenvalue weighted by Crippen LogP contribution is -2.39. The van der Waals surface area contributed by atoms with Gasteiger partial charge in [-0.05, 0) is 31.0 Å². The van der Waals surface area contributed by atoms with Crippen molar-refractivity contribution in [3.8, 4) is 5.75 Å². The number of carbonyl (C=O) groups is 1. The van der Waals surface area contributed by atoms with Crippen LogP contribution in [0.3, 0.4) is 0 Å². The first-order valence-electron chi connectivity index (χ1n) is 7.69. The number of anilines is 2. The Kier molecular flexibility index (Phi) is 4.41. The monoisotopic (exact) mass is 312 g/mol. The van der Waals surface area contributed by atoms with Gasteiger partial charge in [0.25, 0.3) is 0 Å². The zero-order valence-electron chi connectivity index (χ0n) is 13.1. The number of nitrogen functional groups attached to an aromatic ring is 1. The highest BCUT2D eigenvalue weighted by atomic mass is 16.5. The van der Waals surface area contributed by atoms with E-state index in [1.54, 1.807) is 25.4 Å². The van der Waals surface area contributed by atoms with Gasteiger partial charge >= 0.3 is 0 Å². The maximum absolute atomic E-state index is 12.8. The number of nitrogens with two attached hydrogens (primary N) is 1. The number of Topliss-reactive ketones (excluding diaryl/α,β-unsaturated/α-hetero) is 1. The summed E-state index contributed by atoms with van der Waals surface area (Å²) in [6.07, 6.45) is 3.44. The number of ketones is 1. The Hall–Kier alpha value is -2.63. The van der Waals surface area contributed by atoms with Crippen LogP contribution in [0.25, 0.3) is 0 Å². The number of carbonyl (C=O) groups excluding carboxylic acids is 1. The lowest BCUT2D eigenvalue weighted by atomic mass is 9.90. The Labute approximate surface area is 135 Å². The average molecular weight is 312 g/mol. The van der Waals surface area contributed by atoms with Crippen molar-refractivity contribution in [1.82, 2.24) is 9.97 Å². The van der Waals surface area contributed by atoms with Crippen LogP contribution in [-0.4, -0.2) is 36.0 Å². The van der Waals surface area contributed by atoms with Crippen molar-refractivity contribution in [2.75, 3.05) is 30.8 Å². The van der Waals surface area contributed by atoms with Gasteiger partial charge in [-0.3, -0.25) is 4.79 Å². The summed E-state index contributed by atoms with van der Waals surface area (Å²) in [6.45, 7) is 1.45. The molecule has 0 unspecified atom stereocenters. The third-order valence-corrected chi connectivity index (χ3v) is 4.09. The van der Waals surface area contributed by atoms with E-state index in [2.05, 4.69) is 9.97 Å². The summed E-state index contributed by atoms with van der Waals surface area (Å²) < 4.78 is 5.20. The van der Waals surface area contributed by atoms with Crippen molar-refractivity contribution >= 4 is 17.5 Å². The Bertz CT molecular complexity index is 704. The number of hydrogen-bond donors (Lipinski definition) is 1. The first kappa shape index (κ1) is 15.3. The van der Waals surface area contributed by atoms with Crippen LogP contribution in [0.1, 0.15) is 23.2 Å². The molecule has 0 saturated carbocycles. The number of hydrogen-bond acceptors (Lipinski definition) is 6. The van der Waals surface area contributed by atoms with Gasteiger partial charge in [0.15, 0.2) is 5.78 Å². The van der Waals surface area contributed by atoms with Crippen molar-refractivity contribution < 1.29 is 9.53 Å². The molecule has 3 rings (SSSR count). The SMILES string of the molecule is COc1cccc(C(=O)[C@@H]2CCCN(c3nccc(N)n3)C2)c1. The lowest BCUT2D eigenvalue weighted by molar-refractivity contribution is 0.0906. The highest BCUT2D eigenvalue weighted by Crippen LogP contribution is 2.25. The van der Waals surface area contributed by atoms with Gasteiger partial charge in [0.05, 0.1) is 7.11 Å². The summed E-state index contributed by atoms with van der Waals surface area (Å²) in [5.41, 5.74) is 6.41. The fourth-order valence-corrected chi connectivity index (χ4v) is 2.90. The van der Waals surface area contributed by atoms with Gasteiger partial charge in [0.2, 0.25) is 5.95 Å². The number of aromatic nitrogens is 2. The number of benzene rings is 1. The topological polar surface area (TPSA) is 81.3 Å². The highest BCUT2D eigenvalue weighted by Gasteiger charge is 2.28. The predicted octanol–water partition coefficient (Wildman–Crippen LogP) is 2.17. The van der Waals surface area contributed by atoms with Gasteiger partial charge in [-0.25, -0.2) is 4.98 Å². The quantitative estimate of drug-likeness (QED) is 0.871. The first-order chi connectivity index (χ1) is 11.2. The Morgan fingerprint density at radius 1 is 1.39 bits per heavy atom. The van der Waals surface area contributed by atoms with E-state index in [0.29, 0.717) is 29.6 Å². The van der Waals surface area contributed by atoms with Crippen LogP contribution in [0, 0.1) is 5.92 Å². The lowest BCUT2D eigenvalue weighted by Gasteiger charge is -2.32. The predicted molar refractivity (Wildman–Crippen MR) is 88.7 cm³/mol. The minimum absolute atomic E-state index is 0.0686. The molecule has 1 saturated heterocycles. The van der Waals surface area contributed by atoms with E-state index in [-0.39, 0.29) is 11.7 Å². The highest BCUT2D eigenvalue weighted by molar-refractivity contribution is 5.98. The number of methoxy groups -OCH3 is 1. The van der Waals surface area contributed by atoms with Gasteiger partial charge in [-0.15, -0.1) is 0 Å². The zero-order chi connectivity index (χ0) is 16.2. The molecule has 0 amide bonds. The van der Waals surface area contributed by atoms with Crippen molar-refractivity contribution in [2.45, 2.75) is 12.8 Å². The summed E-state index contributed by atoms with van der Waals surface area (Å²) in [5.74, 6) is 1.80. The molecule has 23 heavy (non-hydrogen) atoms. The van der Waals surface area contributed by atoms with E-state index in [4.69, 9.17) is 10.5 Å². The van der Waals surface area contributed by atoms with Crippen molar-refractivity contribution in [3.05, 3.63) is 42.1 Å². The van der Waals surface area contributed by atoms with E-state index >= 15 is 0 Å². The molecule has 120 valence electrons. The Morgan fingerprint density at radius 3 is 3.04 bits per heavy atom. The number of ether oxygens (including phenoxy) is 1. The van der Waals surface area contributed by atoms with Crippen molar-refractivity contribution in [1.29, 1.82) is 0 Å². The molecule has 0 spiro atoms. The van der Waals surface area contributed by atoms with Gasteiger partial charge in [-0.2, -0.15) is 4.98 Å². The molecule has 2 heterocycles. The number of rotatable bonds is 4. The maximum atomic E-state index is 12.8. The molecule has 2 N–H and O–H groups in total. The maximum Gasteiger partial charge on any atom is 0.227 e. The molecule has 0 bridgehead atoms. The Balaban J connectivity index is 1.76. The number of nitrogens with zero attached hydrogens (tertiary/aromatic N) is 3. The summed E-state index contributed by atoms with van der Waals surface area (Å²) >= 11 is 0. The average Bonchev–Trinajstić information content (AvgIpc) is 2.61. The molecule has 1 aromatic heterocycles.